The molecular formula is C18H23N3O5S2. The average molecular weight is 426 g/mol. The molecule has 0 aromatic carbocycles. The predicted octanol–water partition coefficient (Wildman–Crippen LogP) is 0.867. The zero-order valence-corrected chi connectivity index (χ0v) is 17.3. The van der Waals surface area contributed by atoms with E-state index in [1.165, 1.54) is 4.90 Å². The van der Waals surface area contributed by atoms with E-state index in [1.807, 2.05) is 11.4 Å². The first-order valence-corrected chi connectivity index (χ1v) is 12.2. The molecular weight excluding hydrogens is 402 g/mol. The van der Waals surface area contributed by atoms with Crippen LogP contribution >= 0.6 is 11.3 Å². The molecule has 2 fully saturated rings. The van der Waals surface area contributed by atoms with Crippen molar-refractivity contribution in [3.8, 4) is 0 Å². The summed E-state index contributed by atoms with van der Waals surface area (Å²) < 4.78 is 23.5. The number of nitrogens with zero attached hydrogens (tertiary/aromatic N) is 2. The summed E-state index contributed by atoms with van der Waals surface area (Å²) in [7, 11) is -3.13. The van der Waals surface area contributed by atoms with Gasteiger partial charge in [0.15, 0.2) is 9.84 Å². The van der Waals surface area contributed by atoms with Gasteiger partial charge >= 0.3 is 6.03 Å². The first kappa shape index (κ1) is 19.4. The van der Waals surface area contributed by atoms with Gasteiger partial charge in [-0.05, 0) is 44.1 Å². The average Bonchev–Trinajstić information content (AvgIpc) is 3.31. The minimum atomic E-state index is -3.13. The summed E-state index contributed by atoms with van der Waals surface area (Å²) in [5.41, 5.74) is -0.232. The van der Waals surface area contributed by atoms with E-state index in [4.69, 9.17) is 0 Å². The number of aryl methyl sites for hydroxylation is 1. The van der Waals surface area contributed by atoms with Crippen LogP contribution in [-0.4, -0.2) is 66.7 Å². The van der Waals surface area contributed by atoms with Gasteiger partial charge in [0.05, 0.1) is 11.5 Å². The van der Waals surface area contributed by atoms with Crippen LogP contribution in [0.15, 0.2) is 11.4 Å². The van der Waals surface area contributed by atoms with Crippen LogP contribution in [0.4, 0.5) is 4.79 Å². The molecule has 8 nitrogen and oxygen atoms in total. The molecule has 1 aromatic heterocycles. The Morgan fingerprint density at radius 1 is 1.43 bits per heavy atom. The van der Waals surface area contributed by atoms with E-state index in [1.54, 1.807) is 18.3 Å². The van der Waals surface area contributed by atoms with Gasteiger partial charge in [0.1, 0.15) is 12.1 Å². The minimum absolute atomic E-state index is 0.0606. The van der Waals surface area contributed by atoms with Gasteiger partial charge in [-0.15, -0.1) is 11.3 Å². The molecule has 3 heterocycles. The summed E-state index contributed by atoms with van der Waals surface area (Å²) in [5, 5.41) is 4.75. The van der Waals surface area contributed by atoms with E-state index in [0.29, 0.717) is 19.4 Å². The maximum Gasteiger partial charge on any atom is 0.325 e. The summed E-state index contributed by atoms with van der Waals surface area (Å²) >= 11 is 1.58. The Kier molecular flexibility index (Phi) is 4.73. The summed E-state index contributed by atoms with van der Waals surface area (Å²) in [6.45, 7) is 1.74. The van der Waals surface area contributed by atoms with Gasteiger partial charge in [-0.2, -0.15) is 0 Å². The number of nitrogens with one attached hydrogen (secondary N) is 1. The van der Waals surface area contributed by atoms with Crippen molar-refractivity contribution in [2.24, 2.45) is 0 Å². The van der Waals surface area contributed by atoms with Crippen LogP contribution in [0.3, 0.4) is 0 Å². The molecule has 2 saturated heterocycles. The van der Waals surface area contributed by atoms with E-state index >= 15 is 0 Å². The molecule has 1 aromatic rings. The SMILES string of the molecule is CCN(C(=O)CN1C(=O)N[C@]2(CCCc3sccc32)C1=O)[C@@H]1CCS(=O)(=O)C1. The van der Waals surface area contributed by atoms with Crippen LogP contribution in [0.25, 0.3) is 0 Å². The van der Waals surface area contributed by atoms with Gasteiger partial charge in [0.25, 0.3) is 5.91 Å². The van der Waals surface area contributed by atoms with Crippen LogP contribution in [0.5, 0.6) is 0 Å². The number of urea groups is 1. The molecule has 2 aliphatic heterocycles. The Bertz CT molecular complexity index is 941. The smallest absolute Gasteiger partial charge is 0.325 e. The van der Waals surface area contributed by atoms with Gasteiger partial charge in [0.2, 0.25) is 5.91 Å². The van der Waals surface area contributed by atoms with Crippen molar-refractivity contribution in [2.45, 2.75) is 44.2 Å². The number of hydrogen-bond donors (Lipinski definition) is 1. The van der Waals surface area contributed by atoms with E-state index in [9.17, 15) is 22.8 Å². The molecule has 0 unspecified atom stereocenters. The number of hydrogen-bond acceptors (Lipinski definition) is 6. The van der Waals surface area contributed by atoms with Gasteiger partial charge in [-0.3, -0.25) is 14.5 Å². The van der Waals surface area contributed by atoms with Gasteiger partial charge in [0, 0.05) is 23.0 Å². The summed E-state index contributed by atoms with van der Waals surface area (Å²) in [4.78, 5) is 42.2. The van der Waals surface area contributed by atoms with Crippen molar-refractivity contribution in [1.82, 2.24) is 15.1 Å². The van der Waals surface area contributed by atoms with Crippen LogP contribution in [-0.2, 0) is 31.4 Å². The molecule has 3 aliphatic rings. The van der Waals surface area contributed by atoms with Gasteiger partial charge in [-0.25, -0.2) is 13.2 Å². The number of carbonyl (C=O) groups excluding carboxylic acids is 3. The lowest BCUT2D eigenvalue weighted by Gasteiger charge is -2.31. The first-order valence-electron chi connectivity index (χ1n) is 9.48. The molecule has 28 heavy (non-hydrogen) atoms. The van der Waals surface area contributed by atoms with Crippen LogP contribution in [0.1, 0.15) is 36.6 Å². The Balaban J connectivity index is 1.54. The maximum absolute atomic E-state index is 13.2. The number of likely N-dealkylation sites (N-methyl/N-ethyl adjacent to an activating group) is 1. The molecule has 152 valence electrons. The molecule has 0 bridgehead atoms. The van der Waals surface area contributed by atoms with Crippen molar-refractivity contribution in [3.05, 3.63) is 21.9 Å². The topological polar surface area (TPSA) is 104 Å². The van der Waals surface area contributed by atoms with Crippen molar-refractivity contribution in [3.63, 3.8) is 0 Å². The van der Waals surface area contributed by atoms with E-state index in [0.717, 1.165) is 28.2 Å². The number of rotatable bonds is 4. The summed E-state index contributed by atoms with van der Waals surface area (Å²) in [5.74, 6) is -0.782. The van der Waals surface area contributed by atoms with Gasteiger partial charge < -0.3 is 10.2 Å². The zero-order valence-electron chi connectivity index (χ0n) is 15.6. The highest BCUT2D eigenvalue weighted by atomic mass is 32.2. The normalized spacial score (nSPS) is 28.5. The largest absolute Gasteiger partial charge is 0.337 e. The Labute approximate surface area is 167 Å². The molecule has 4 rings (SSSR count). The molecule has 0 radical (unpaired) electrons. The van der Waals surface area contributed by atoms with Crippen molar-refractivity contribution in [2.75, 3.05) is 24.6 Å². The fourth-order valence-corrected chi connectivity index (χ4v) is 7.30. The second-order valence-corrected chi connectivity index (χ2v) is 10.8. The standard InChI is InChI=1S/C18H23N3O5S2/c1-2-20(12-6-9-28(25,26)11-12)15(22)10-21-16(23)18(19-17(21)24)7-3-4-14-13(18)5-8-27-14/h5,8,12H,2-4,6-7,9-11H2,1H3,(H,19,24)/t12-,18+/m1/s1. The second-order valence-electron chi connectivity index (χ2n) is 7.57. The third-order valence-corrected chi connectivity index (χ3v) is 8.67. The number of thiophene rings is 1. The molecule has 1 N–H and O–H groups in total. The van der Waals surface area contributed by atoms with E-state index in [-0.39, 0.29) is 24.0 Å². The fourth-order valence-electron chi connectivity index (χ4n) is 4.57. The Morgan fingerprint density at radius 2 is 2.21 bits per heavy atom. The molecule has 1 spiro atoms. The first-order chi connectivity index (χ1) is 13.3. The third kappa shape index (κ3) is 3.02. The second kappa shape index (κ2) is 6.84. The highest BCUT2D eigenvalue weighted by molar-refractivity contribution is 7.91. The molecule has 4 amide bonds. The van der Waals surface area contributed by atoms with Crippen molar-refractivity contribution in [1.29, 1.82) is 0 Å². The lowest BCUT2D eigenvalue weighted by molar-refractivity contribution is -0.140. The maximum atomic E-state index is 13.2. The van der Waals surface area contributed by atoms with E-state index in [2.05, 4.69) is 5.32 Å². The summed E-state index contributed by atoms with van der Waals surface area (Å²) in [6, 6.07) is 0.924. The Morgan fingerprint density at radius 3 is 2.89 bits per heavy atom. The predicted molar refractivity (Wildman–Crippen MR) is 104 cm³/mol. The fraction of sp³-hybridized carbons (Fsp3) is 0.611. The molecule has 0 saturated carbocycles. The number of amides is 4. The zero-order chi connectivity index (χ0) is 20.1. The highest BCUT2D eigenvalue weighted by Crippen LogP contribution is 2.42. The molecule has 2 atom stereocenters. The Hall–Kier alpha value is -1.94. The van der Waals surface area contributed by atoms with Crippen LogP contribution in [0, 0.1) is 0 Å². The number of sulfone groups is 1. The van der Waals surface area contributed by atoms with Crippen molar-refractivity contribution >= 4 is 39.0 Å². The lowest BCUT2D eigenvalue weighted by Crippen LogP contribution is -2.49. The third-order valence-electron chi connectivity index (χ3n) is 5.94. The molecule has 1 aliphatic carbocycles. The quantitative estimate of drug-likeness (QED) is 0.721. The van der Waals surface area contributed by atoms with Crippen LogP contribution in [0.2, 0.25) is 0 Å². The number of carbonyl (C=O) groups is 3. The van der Waals surface area contributed by atoms with E-state index < -0.39 is 33.4 Å². The lowest BCUT2D eigenvalue weighted by atomic mass is 9.80. The number of imide groups is 1. The number of fused-ring (bicyclic) bond motifs is 2. The summed E-state index contributed by atoms with van der Waals surface area (Å²) in [6.07, 6.45) is 2.59. The minimum Gasteiger partial charge on any atom is -0.337 e. The van der Waals surface area contributed by atoms with Gasteiger partial charge in [-0.1, -0.05) is 0 Å². The molecule has 10 heteroatoms. The monoisotopic (exact) mass is 425 g/mol. The van der Waals surface area contributed by atoms with Crippen molar-refractivity contribution < 1.29 is 22.8 Å². The highest BCUT2D eigenvalue weighted by Gasteiger charge is 2.55. The van der Waals surface area contributed by atoms with Crippen LogP contribution < -0.4 is 5.32 Å².